The van der Waals surface area contributed by atoms with Crippen molar-refractivity contribution in [2.24, 2.45) is 11.5 Å². The number of benzene rings is 2. The highest BCUT2D eigenvalue weighted by atomic mass is 16.5. The quantitative estimate of drug-likeness (QED) is 0.0655. The van der Waals surface area contributed by atoms with Gasteiger partial charge in [0.05, 0.1) is 48.0 Å². The van der Waals surface area contributed by atoms with Gasteiger partial charge in [-0.3, -0.25) is 43.9 Å². The molecule has 65 heavy (non-hydrogen) atoms. The highest BCUT2D eigenvalue weighted by Crippen LogP contribution is 2.33. The predicted molar refractivity (Wildman–Crippen MR) is 244 cm³/mol. The van der Waals surface area contributed by atoms with E-state index in [2.05, 4.69) is 31.2 Å². The minimum absolute atomic E-state index is 0.121. The first-order valence-electron chi connectivity index (χ1n) is 20.9. The number of aromatic nitrogens is 10. The maximum absolute atomic E-state index is 13.8. The van der Waals surface area contributed by atoms with Gasteiger partial charge in [0.1, 0.15) is 40.5 Å². The molecule has 0 aliphatic heterocycles. The molecule has 5 aromatic heterocycles. The van der Waals surface area contributed by atoms with Crippen molar-refractivity contribution in [1.29, 1.82) is 0 Å². The Balaban J connectivity index is 1.25. The Bertz CT molecular complexity index is 2980. The number of amides is 4. The van der Waals surface area contributed by atoms with Crippen LogP contribution >= 0.6 is 0 Å². The summed E-state index contributed by atoms with van der Waals surface area (Å²) in [5.41, 5.74) is 16.4. The molecule has 0 unspecified atom stereocenters. The van der Waals surface area contributed by atoms with E-state index in [1.807, 2.05) is 51.3 Å². The fourth-order valence-corrected chi connectivity index (χ4v) is 7.33. The van der Waals surface area contributed by atoms with Crippen LogP contribution < -0.4 is 36.9 Å². The first-order valence-corrected chi connectivity index (χ1v) is 20.9. The smallest absolute Gasteiger partial charge is 0.276 e. The lowest BCUT2D eigenvalue weighted by Gasteiger charge is -2.13. The van der Waals surface area contributed by atoms with Gasteiger partial charge in [-0.2, -0.15) is 15.3 Å². The van der Waals surface area contributed by atoms with E-state index in [1.165, 1.54) is 19.2 Å². The highest BCUT2D eigenvalue weighted by Gasteiger charge is 2.23. The summed E-state index contributed by atoms with van der Waals surface area (Å²) < 4.78 is 20.5. The summed E-state index contributed by atoms with van der Waals surface area (Å²) in [5.74, 6) is -1.30. The van der Waals surface area contributed by atoms with Crippen molar-refractivity contribution in [2.45, 2.75) is 67.3 Å². The van der Waals surface area contributed by atoms with Crippen LogP contribution in [0, 0.1) is 13.8 Å². The molecule has 0 saturated carbocycles. The van der Waals surface area contributed by atoms with Gasteiger partial charge in [-0.15, -0.1) is 0 Å². The van der Waals surface area contributed by atoms with Gasteiger partial charge in [-0.05, 0) is 77.1 Å². The Morgan fingerprint density at radius 2 is 1.20 bits per heavy atom. The van der Waals surface area contributed by atoms with E-state index < -0.39 is 23.6 Å². The molecule has 0 spiro atoms. The molecule has 0 aliphatic carbocycles. The maximum atomic E-state index is 13.8. The normalized spacial score (nSPS) is 11.6. The van der Waals surface area contributed by atoms with Gasteiger partial charge in [0, 0.05) is 50.0 Å². The molecule has 0 bridgehead atoms. The number of carbonyl (C=O) groups is 4. The van der Waals surface area contributed by atoms with E-state index in [-0.39, 0.29) is 42.7 Å². The molecular formula is C44H51N15O6. The van der Waals surface area contributed by atoms with Crippen LogP contribution in [0.15, 0.2) is 73.1 Å². The summed E-state index contributed by atoms with van der Waals surface area (Å²) in [6.07, 6.45) is 11.1. The van der Waals surface area contributed by atoms with Gasteiger partial charge in [0.2, 0.25) is 23.7 Å². The van der Waals surface area contributed by atoms with Gasteiger partial charge in [-0.1, -0.05) is 18.2 Å². The summed E-state index contributed by atoms with van der Waals surface area (Å²) in [5, 5.41) is 22.3. The van der Waals surface area contributed by atoms with Gasteiger partial charge >= 0.3 is 0 Å². The molecule has 7 N–H and O–H groups in total. The van der Waals surface area contributed by atoms with Crippen LogP contribution in [-0.4, -0.2) is 92.3 Å². The number of ether oxygens (including phenoxy) is 2. The highest BCUT2D eigenvalue weighted by molar-refractivity contribution is 6.05. The third kappa shape index (κ3) is 9.72. The third-order valence-electron chi connectivity index (χ3n) is 10.3. The van der Waals surface area contributed by atoms with Crippen LogP contribution in [0.2, 0.25) is 0 Å². The molecule has 5 heterocycles. The number of fused-ring (bicyclic) bond motifs is 2. The van der Waals surface area contributed by atoms with Crippen molar-refractivity contribution in [3.63, 3.8) is 0 Å². The summed E-state index contributed by atoms with van der Waals surface area (Å²) in [4.78, 5) is 61.8. The molecule has 0 fully saturated rings. The molecule has 2 aromatic carbocycles. The van der Waals surface area contributed by atoms with Crippen molar-refractivity contribution in [1.82, 2.24) is 48.4 Å². The summed E-state index contributed by atoms with van der Waals surface area (Å²) >= 11 is 0. The van der Waals surface area contributed by atoms with Gasteiger partial charge < -0.3 is 35.4 Å². The van der Waals surface area contributed by atoms with Crippen molar-refractivity contribution >= 4 is 63.3 Å². The molecule has 4 amide bonds. The zero-order chi connectivity index (χ0) is 46.4. The van der Waals surface area contributed by atoms with E-state index in [9.17, 15) is 19.2 Å². The molecule has 0 atom stereocenters. The molecule has 0 aliphatic rings. The Kier molecular flexibility index (Phi) is 13.4. The number of nitrogens with one attached hydrogen (secondary N) is 3. The molecule has 338 valence electrons. The second kappa shape index (κ2) is 19.4. The molecule has 21 nitrogen and oxygen atoms in total. The first kappa shape index (κ1) is 44.8. The molecule has 21 heteroatoms. The number of hydrogen-bond donors (Lipinski definition) is 5. The van der Waals surface area contributed by atoms with Crippen LogP contribution in [-0.2, 0) is 32.7 Å². The van der Waals surface area contributed by atoms with Crippen molar-refractivity contribution in [3.05, 3.63) is 107 Å². The third-order valence-corrected chi connectivity index (χ3v) is 10.3. The average Bonchev–Trinajstić information content (AvgIpc) is 4.12. The Hall–Kier alpha value is -8.23. The van der Waals surface area contributed by atoms with Crippen LogP contribution in [0.25, 0.3) is 22.1 Å². The van der Waals surface area contributed by atoms with Crippen molar-refractivity contribution in [2.75, 3.05) is 36.2 Å². The van der Waals surface area contributed by atoms with Crippen LogP contribution in [0.3, 0.4) is 0 Å². The van der Waals surface area contributed by atoms with Gasteiger partial charge in [0.25, 0.3) is 11.8 Å². The fraction of sp³-hybridized carbons (Fsp3) is 0.295. The summed E-state index contributed by atoms with van der Waals surface area (Å²) in [6, 6.07) is 9.51. The second-order valence-electron chi connectivity index (χ2n) is 14.8. The number of aryl methyl sites for hydroxylation is 4. The maximum Gasteiger partial charge on any atom is 0.276 e. The van der Waals surface area contributed by atoms with E-state index in [0.717, 1.165) is 12.2 Å². The molecular weight excluding hydrogens is 835 g/mol. The number of allylic oxidation sites excluding steroid dienone is 3. The topological polar surface area (TPSA) is 264 Å². The van der Waals surface area contributed by atoms with Crippen molar-refractivity contribution in [3.8, 4) is 11.5 Å². The largest absolute Gasteiger partial charge is 0.494 e. The van der Waals surface area contributed by atoms with E-state index in [4.69, 9.17) is 30.9 Å². The zero-order valence-electron chi connectivity index (χ0n) is 37.0. The SMILES string of the molecule is CCNc1cnn(C/C=C/COc2cc(C(N)=O)cc3nc(NC(=O)c4cc(C)nn4CC)n(C/C=C/Cn4c(NC(=O)c5cc(C)nn5CC)nc5cc(C(N)=O)cc(OC)c54)c23)c1. The Labute approximate surface area is 373 Å². The standard InChI is InChI=1S/C44H51N15O6/c1-7-47-30-24-48-55(25-30)14-12-13-17-65-36-23-29(40(46)61)21-32-38(36)57(44(50-32)52-42(63)34-19-27(5)54-59(34)9-3)16-11-10-15-56-37-31(20-28(39(45)60)22-35(37)64-6)49-43(56)51-41(62)33-18-26(4)53-58(33)8-2/h10-13,18-25,47H,7-9,14-17H2,1-6H3,(H2,45,60)(H2,46,61)(H,49,51,62)(H,50,52,63)/b11-10+,13-12+. The fourth-order valence-electron chi connectivity index (χ4n) is 7.33. The lowest BCUT2D eigenvalue weighted by molar-refractivity contribution is 0.0991. The molecule has 7 aromatic rings. The van der Waals surface area contributed by atoms with Crippen molar-refractivity contribution < 1.29 is 28.7 Å². The minimum Gasteiger partial charge on any atom is -0.494 e. The lowest BCUT2D eigenvalue weighted by atomic mass is 10.1. The summed E-state index contributed by atoms with van der Waals surface area (Å²) in [6.45, 7) is 12.0. The van der Waals surface area contributed by atoms with E-state index in [1.54, 1.807) is 67.5 Å². The number of carbonyl (C=O) groups excluding carboxylic acids is 4. The number of nitrogens with zero attached hydrogens (tertiary/aromatic N) is 10. The van der Waals surface area contributed by atoms with E-state index >= 15 is 0 Å². The number of nitrogens with two attached hydrogens (primary N) is 2. The number of hydrogen-bond acceptors (Lipinski definition) is 12. The lowest BCUT2D eigenvalue weighted by Crippen LogP contribution is -2.20. The van der Waals surface area contributed by atoms with Crippen LogP contribution in [0.4, 0.5) is 17.6 Å². The number of methoxy groups -OCH3 is 1. The number of imidazole rings is 2. The van der Waals surface area contributed by atoms with Crippen LogP contribution in [0.5, 0.6) is 11.5 Å². The zero-order valence-corrected chi connectivity index (χ0v) is 37.0. The van der Waals surface area contributed by atoms with Gasteiger partial charge in [0.15, 0.2) is 0 Å². The molecule has 0 radical (unpaired) electrons. The second-order valence-corrected chi connectivity index (χ2v) is 14.8. The summed E-state index contributed by atoms with van der Waals surface area (Å²) in [7, 11) is 1.46. The van der Waals surface area contributed by atoms with E-state index in [0.29, 0.717) is 76.0 Å². The molecule has 7 rings (SSSR count). The number of anilines is 3. The Morgan fingerprint density at radius 1 is 0.692 bits per heavy atom. The van der Waals surface area contributed by atoms with Gasteiger partial charge in [-0.25, -0.2) is 9.97 Å². The average molecular weight is 886 g/mol. The predicted octanol–water partition coefficient (Wildman–Crippen LogP) is 4.67. The Morgan fingerprint density at radius 3 is 1.69 bits per heavy atom. The van der Waals surface area contributed by atoms with Crippen LogP contribution in [0.1, 0.15) is 73.9 Å². The number of primary amides is 2. The monoisotopic (exact) mass is 885 g/mol. The first-order chi connectivity index (χ1) is 31.3. The number of rotatable bonds is 20. The molecule has 0 saturated heterocycles. The minimum atomic E-state index is -0.687.